The Kier molecular flexibility index (Phi) is 5.23. The third-order valence-corrected chi connectivity index (χ3v) is 4.73. The largest absolute Gasteiger partial charge is 0.325 e. The van der Waals surface area contributed by atoms with Crippen LogP contribution in [0.4, 0.5) is 15.8 Å². The zero-order valence-corrected chi connectivity index (χ0v) is 14.5. The molecule has 0 aliphatic rings. The molecule has 2 aromatic rings. The molecule has 1 amide bonds. The highest BCUT2D eigenvalue weighted by Crippen LogP contribution is 2.21. The summed E-state index contributed by atoms with van der Waals surface area (Å²) in [6.45, 7) is 3.43. The monoisotopic (exact) mass is 350 g/mol. The van der Waals surface area contributed by atoms with E-state index in [4.69, 9.17) is 0 Å². The van der Waals surface area contributed by atoms with Crippen LogP contribution in [-0.4, -0.2) is 27.1 Å². The van der Waals surface area contributed by atoms with Crippen molar-refractivity contribution in [2.75, 3.05) is 22.4 Å². The fourth-order valence-electron chi connectivity index (χ4n) is 2.14. The number of hydrogen-bond acceptors (Lipinski definition) is 3. The third-order valence-electron chi connectivity index (χ3n) is 3.59. The maximum absolute atomic E-state index is 12.9. The fourth-order valence-corrected chi connectivity index (χ4v) is 2.99. The minimum atomic E-state index is -3.63. The Balaban J connectivity index is 2.21. The van der Waals surface area contributed by atoms with E-state index in [1.165, 1.54) is 24.3 Å². The first-order valence-corrected chi connectivity index (χ1v) is 9.12. The number of sulfonamides is 1. The van der Waals surface area contributed by atoms with Crippen molar-refractivity contribution in [2.45, 2.75) is 13.8 Å². The molecule has 128 valence electrons. The molecular formula is C17H19FN2O3S. The van der Waals surface area contributed by atoms with Crippen LogP contribution in [0.1, 0.15) is 11.1 Å². The van der Waals surface area contributed by atoms with Gasteiger partial charge in [-0.2, -0.15) is 0 Å². The lowest BCUT2D eigenvalue weighted by molar-refractivity contribution is -0.114. The van der Waals surface area contributed by atoms with Crippen molar-refractivity contribution in [1.82, 2.24) is 0 Å². The van der Waals surface area contributed by atoms with Crippen LogP contribution in [0.3, 0.4) is 0 Å². The van der Waals surface area contributed by atoms with Crippen molar-refractivity contribution in [3.8, 4) is 0 Å². The predicted molar refractivity (Wildman–Crippen MR) is 93.1 cm³/mol. The van der Waals surface area contributed by atoms with Crippen LogP contribution in [-0.2, 0) is 14.8 Å². The number of carbonyl (C=O) groups is 1. The van der Waals surface area contributed by atoms with Gasteiger partial charge in [-0.15, -0.1) is 0 Å². The lowest BCUT2D eigenvalue weighted by atomic mass is 10.1. The molecule has 24 heavy (non-hydrogen) atoms. The lowest BCUT2D eigenvalue weighted by Gasteiger charge is -2.22. The number of halogens is 1. The summed E-state index contributed by atoms with van der Waals surface area (Å²) in [5.41, 5.74) is 2.79. The van der Waals surface area contributed by atoms with Gasteiger partial charge in [0.1, 0.15) is 12.4 Å². The van der Waals surface area contributed by atoms with Gasteiger partial charge in [-0.1, -0.05) is 6.07 Å². The fraction of sp³-hybridized carbons (Fsp3) is 0.235. The first-order valence-electron chi connectivity index (χ1n) is 7.27. The normalized spacial score (nSPS) is 11.2. The number of nitrogens with one attached hydrogen (secondary N) is 1. The summed E-state index contributed by atoms with van der Waals surface area (Å²) in [6.07, 6.45) is 1.05. The second-order valence-electron chi connectivity index (χ2n) is 5.59. The zero-order valence-electron chi connectivity index (χ0n) is 13.7. The second kappa shape index (κ2) is 7.00. The summed E-state index contributed by atoms with van der Waals surface area (Å²) in [6, 6.07) is 10.4. The standard InChI is InChI=1S/C17H19FN2O3S/c1-12-4-9-16(10-13(12)2)20(24(3,22)23)11-17(21)19-15-7-5-14(18)6-8-15/h4-10H,11H2,1-3H3,(H,19,21). The minimum absolute atomic E-state index is 0.362. The average molecular weight is 350 g/mol. The molecule has 1 N–H and O–H groups in total. The van der Waals surface area contributed by atoms with E-state index in [1.54, 1.807) is 18.2 Å². The Morgan fingerprint density at radius 1 is 1.08 bits per heavy atom. The maximum Gasteiger partial charge on any atom is 0.245 e. The number of amides is 1. The van der Waals surface area contributed by atoms with Gasteiger partial charge in [-0.05, 0) is 61.4 Å². The smallest absolute Gasteiger partial charge is 0.245 e. The van der Waals surface area contributed by atoms with Gasteiger partial charge in [-0.3, -0.25) is 9.10 Å². The molecule has 0 spiro atoms. The number of aryl methyl sites for hydroxylation is 2. The molecule has 0 fully saturated rings. The SMILES string of the molecule is Cc1ccc(N(CC(=O)Nc2ccc(F)cc2)S(C)(=O)=O)cc1C. The third kappa shape index (κ3) is 4.55. The number of hydrogen-bond donors (Lipinski definition) is 1. The van der Waals surface area contributed by atoms with Crippen molar-refractivity contribution < 1.29 is 17.6 Å². The molecule has 0 atom stereocenters. The van der Waals surface area contributed by atoms with Crippen molar-refractivity contribution in [3.63, 3.8) is 0 Å². The molecular weight excluding hydrogens is 331 g/mol. The Bertz CT molecular complexity index is 849. The van der Waals surface area contributed by atoms with Crippen molar-refractivity contribution in [3.05, 3.63) is 59.4 Å². The van der Waals surface area contributed by atoms with Crippen molar-refractivity contribution in [2.24, 2.45) is 0 Å². The highest BCUT2D eigenvalue weighted by Gasteiger charge is 2.21. The van der Waals surface area contributed by atoms with E-state index in [-0.39, 0.29) is 6.54 Å². The Morgan fingerprint density at radius 2 is 1.71 bits per heavy atom. The number of carbonyl (C=O) groups excluding carboxylic acids is 1. The van der Waals surface area contributed by atoms with Gasteiger partial charge in [0.15, 0.2) is 0 Å². The van der Waals surface area contributed by atoms with Crippen LogP contribution in [0.2, 0.25) is 0 Å². The van der Waals surface area contributed by atoms with Crippen molar-refractivity contribution >= 4 is 27.3 Å². The van der Waals surface area contributed by atoms with Gasteiger partial charge in [-0.25, -0.2) is 12.8 Å². The summed E-state index contributed by atoms with van der Waals surface area (Å²) in [7, 11) is -3.63. The minimum Gasteiger partial charge on any atom is -0.325 e. The molecule has 0 saturated heterocycles. The average Bonchev–Trinajstić information content (AvgIpc) is 2.49. The quantitative estimate of drug-likeness (QED) is 0.902. The summed E-state index contributed by atoms with van der Waals surface area (Å²) in [5, 5.41) is 2.56. The molecule has 0 saturated carbocycles. The predicted octanol–water partition coefficient (Wildman–Crippen LogP) is 2.85. The van der Waals surface area contributed by atoms with E-state index in [2.05, 4.69) is 5.32 Å². The highest BCUT2D eigenvalue weighted by molar-refractivity contribution is 7.92. The number of benzene rings is 2. The van der Waals surface area contributed by atoms with Gasteiger partial charge < -0.3 is 5.32 Å². The molecule has 0 radical (unpaired) electrons. The topological polar surface area (TPSA) is 66.5 Å². The van der Waals surface area contributed by atoms with Crippen LogP contribution < -0.4 is 9.62 Å². The van der Waals surface area contributed by atoms with Gasteiger partial charge in [0.05, 0.1) is 11.9 Å². The highest BCUT2D eigenvalue weighted by atomic mass is 32.2. The molecule has 0 bridgehead atoms. The molecule has 7 heteroatoms. The van der Waals surface area contributed by atoms with E-state index in [9.17, 15) is 17.6 Å². The van der Waals surface area contributed by atoms with Crippen LogP contribution in [0.15, 0.2) is 42.5 Å². The molecule has 0 aliphatic carbocycles. The van der Waals surface area contributed by atoms with Gasteiger partial charge in [0.2, 0.25) is 15.9 Å². The molecule has 2 rings (SSSR count). The summed E-state index contributed by atoms with van der Waals surface area (Å²) < 4.78 is 38.0. The molecule has 2 aromatic carbocycles. The van der Waals surface area contributed by atoms with Crippen LogP contribution in [0, 0.1) is 19.7 Å². The van der Waals surface area contributed by atoms with Gasteiger partial charge in [0, 0.05) is 5.69 Å². The number of rotatable bonds is 5. The van der Waals surface area contributed by atoms with E-state index < -0.39 is 21.7 Å². The van der Waals surface area contributed by atoms with Crippen LogP contribution in [0.5, 0.6) is 0 Å². The van der Waals surface area contributed by atoms with E-state index in [1.807, 2.05) is 13.8 Å². The maximum atomic E-state index is 12.9. The molecule has 0 heterocycles. The Labute approximate surface area is 141 Å². The van der Waals surface area contributed by atoms with Crippen LogP contribution in [0.25, 0.3) is 0 Å². The lowest BCUT2D eigenvalue weighted by Crippen LogP contribution is -2.37. The number of anilines is 2. The van der Waals surface area contributed by atoms with Crippen LogP contribution >= 0.6 is 0 Å². The van der Waals surface area contributed by atoms with Gasteiger partial charge in [0.25, 0.3) is 0 Å². The van der Waals surface area contributed by atoms with Crippen molar-refractivity contribution in [1.29, 1.82) is 0 Å². The summed E-state index contributed by atoms with van der Waals surface area (Å²) in [5.74, 6) is -0.925. The second-order valence-corrected chi connectivity index (χ2v) is 7.50. The Hall–Kier alpha value is -2.41. The van der Waals surface area contributed by atoms with E-state index in [0.717, 1.165) is 21.7 Å². The van der Waals surface area contributed by atoms with Gasteiger partial charge >= 0.3 is 0 Å². The molecule has 0 unspecified atom stereocenters. The molecule has 0 aliphatic heterocycles. The molecule has 5 nitrogen and oxygen atoms in total. The zero-order chi connectivity index (χ0) is 17.9. The molecule has 0 aromatic heterocycles. The summed E-state index contributed by atoms with van der Waals surface area (Å²) in [4.78, 5) is 12.2. The Morgan fingerprint density at radius 3 is 2.25 bits per heavy atom. The first-order chi connectivity index (χ1) is 11.2. The summed E-state index contributed by atoms with van der Waals surface area (Å²) >= 11 is 0. The van der Waals surface area contributed by atoms with E-state index >= 15 is 0 Å². The number of nitrogens with zero attached hydrogens (tertiary/aromatic N) is 1. The van der Waals surface area contributed by atoms with E-state index in [0.29, 0.717) is 11.4 Å². The first kappa shape index (κ1) is 17.9.